The third-order valence-electron chi connectivity index (χ3n) is 5.74. The van der Waals surface area contributed by atoms with E-state index < -0.39 is 0 Å². The van der Waals surface area contributed by atoms with Gasteiger partial charge in [-0.2, -0.15) is 0 Å². The van der Waals surface area contributed by atoms with E-state index in [2.05, 4.69) is 36.2 Å². The molecule has 6 nitrogen and oxygen atoms in total. The fourth-order valence-electron chi connectivity index (χ4n) is 4.26. The number of rotatable bonds is 5. The highest BCUT2D eigenvalue weighted by atomic mass is 32.2. The minimum absolute atomic E-state index is 0.0837. The summed E-state index contributed by atoms with van der Waals surface area (Å²) in [6.45, 7) is 4.00. The number of carbonyl (C=O) groups excluding carboxylic acids is 1. The van der Waals surface area contributed by atoms with E-state index in [1.807, 2.05) is 33.9 Å². The second kappa shape index (κ2) is 8.67. The molecule has 3 heterocycles. The number of ether oxygens (including phenoxy) is 2. The molecule has 1 unspecified atom stereocenters. The third-order valence-corrected chi connectivity index (χ3v) is 6.69. The molecule has 5 rings (SSSR count). The fourth-order valence-corrected chi connectivity index (χ4v) is 5.12. The topological polar surface area (TPSA) is 56.6 Å². The predicted molar refractivity (Wildman–Crippen MR) is 120 cm³/mol. The molecule has 2 aliphatic heterocycles. The molecule has 1 amide bonds. The van der Waals surface area contributed by atoms with Crippen molar-refractivity contribution >= 4 is 17.7 Å². The van der Waals surface area contributed by atoms with Crippen LogP contribution in [0.2, 0.25) is 0 Å². The van der Waals surface area contributed by atoms with E-state index in [0.29, 0.717) is 19.0 Å². The summed E-state index contributed by atoms with van der Waals surface area (Å²) in [5.41, 5.74) is 3.36. The summed E-state index contributed by atoms with van der Waals surface area (Å²) < 4.78 is 13.4. The van der Waals surface area contributed by atoms with E-state index in [1.165, 1.54) is 17.3 Å². The molecule has 160 valence electrons. The number of carbonyl (C=O) groups is 1. The summed E-state index contributed by atoms with van der Waals surface area (Å²) in [6, 6.07) is 14.4. The van der Waals surface area contributed by atoms with Crippen molar-refractivity contribution in [2.24, 2.45) is 0 Å². The summed E-state index contributed by atoms with van der Waals surface area (Å²) in [7, 11) is 0. The number of fused-ring (bicyclic) bond motifs is 1. The zero-order valence-corrected chi connectivity index (χ0v) is 18.3. The standard InChI is InChI=1S/C24H25N3O3S/c1-17-4-2-5-19(14-17)26-11-9-25-24(26)31-16-23(28)27-10-3-6-20(27)18-7-8-21-22(15-18)30-13-12-29-21/h2,4-5,7-9,11,14-15,20H,3,6,10,12-13,16H2,1H3. The summed E-state index contributed by atoms with van der Waals surface area (Å²) in [5, 5.41) is 0.828. The van der Waals surface area contributed by atoms with Crippen molar-refractivity contribution in [1.82, 2.24) is 14.5 Å². The van der Waals surface area contributed by atoms with Crippen LogP contribution in [0.1, 0.15) is 30.0 Å². The van der Waals surface area contributed by atoms with Gasteiger partial charge in [-0.05, 0) is 55.2 Å². The van der Waals surface area contributed by atoms with Crippen molar-refractivity contribution in [3.05, 3.63) is 66.0 Å². The number of hydrogen-bond acceptors (Lipinski definition) is 5. The minimum atomic E-state index is 0.0837. The Labute approximate surface area is 186 Å². The zero-order chi connectivity index (χ0) is 21.2. The van der Waals surface area contributed by atoms with Gasteiger partial charge in [0.1, 0.15) is 13.2 Å². The van der Waals surface area contributed by atoms with E-state index in [4.69, 9.17) is 9.47 Å². The molecule has 1 saturated heterocycles. The van der Waals surface area contributed by atoms with Crippen molar-refractivity contribution in [3.8, 4) is 17.2 Å². The lowest BCUT2D eigenvalue weighted by Gasteiger charge is -2.26. The molecule has 0 bridgehead atoms. The number of amides is 1. The molecule has 1 fully saturated rings. The van der Waals surface area contributed by atoms with Crippen LogP contribution in [0.5, 0.6) is 11.5 Å². The summed E-state index contributed by atoms with van der Waals surface area (Å²) in [4.78, 5) is 19.6. The summed E-state index contributed by atoms with van der Waals surface area (Å²) in [5.74, 6) is 2.06. The van der Waals surface area contributed by atoms with Gasteiger partial charge in [0.15, 0.2) is 16.7 Å². The minimum Gasteiger partial charge on any atom is -0.486 e. The van der Waals surface area contributed by atoms with Crippen LogP contribution in [0.25, 0.3) is 5.69 Å². The Morgan fingerprint density at radius 2 is 2.03 bits per heavy atom. The van der Waals surface area contributed by atoms with Gasteiger partial charge in [-0.25, -0.2) is 4.98 Å². The van der Waals surface area contributed by atoms with Crippen LogP contribution in [0.4, 0.5) is 0 Å². The lowest BCUT2D eigenvalue weighted by atomic mass is 10.0. The average Bonchev–Trinajstić information content (AvgIpc) is 3.47. The van der Waals surface area contributed by atoms with Crippen LogP contribution in [-0.4, -0.2) is 45.9 Å². The van der Waals surface area contributed by atoms with Crippen LogP contribution in [0.15, 0.2) is 60.0 Å². The van der Waals surface area contributed by atoms with Crippen LogP contribution in [-0.2, 0) is 4.79 Å². The number of likely N-dealkylation sites (tertiary alicyclic amines) is 1. The normalized spacial score (nSPS) is 17.7. The van der Waals surface area contributed by atoms with Crippen molar-refractivity contribution in [1.29, 1.82) is 0 Å². The molecule has 2 aliphatic rings. The highest BCUT2D eigenvalue weighted by Crippen LogP contribution is 2.38. The molecule has 0 radical (unpaired) electrons. The Balaban J connectivity index is 1.28. The number of aromatic nitrogens is 2. The molecular weight excluding hydrogens is 410 g/mol. The van der Waals surface area contributed by atoms with Gasteiger partial charge in [-0.1, -0.05) is 30.0 Å². The highest BCUT2D eigenvalue weighted by Gasteiger charge is 2.31. The van der Waals surface area contributed by atoms with Crippen LogP contribution in [0, 0.1) is 6.92 Å². The first kappa shape index (κ1) is 20.0. The maximum absolute atomic E-state index is 13.1. The number of nitrogens with zero attached hydrogens (tertiary/aromatic N) is 3. The van der Waals surface area contributed by atoms with E-state index in [9.17, 15) is 4.79 Å². The van der Waals surface area contributed by atoms with E-state index in [1.54, 1.807) is 6.20 Å². The monoisotopic (exact) mass is 435 g/mol. The number of imidazole rings is 1. The first-order valence-corrected chi connectivity index (χ1v) is 11.6. The molecule has 31 heavy (non-hydrogen) atoms. The van der Waals surface area contributed by atoms with Gasteiger partial charge in [-0.15, -0.1) is 0 Å². The van der Waals surface area contributed by atoms with Crippen LogP contribution >= 0.6 is 11.8 Å². The molecular formula is C24H25N3O3S. The second-order valence-electron chi connectivity index (χ2n) is 7.86. The smallest absolute Gasteiger partial charge is 0.233 e. The summed E-state index contributed by atoms with van der Waals surface area (Å²) >= 11 is 1.49. The Morgan fingerprint density at radius 3 is 2.90 bits per heavy atom. The van der Waals surface area contributed by atoms with E-state index >= 15 is 0 Å². The summed E-state index contributed by atoms with van der Waals surface area (Å²) in [6.07, 6.45) is 5.69. The Kier molecular flexibility index (Phi) is 5.59. The molecule has 0 saturated carbocycles. The quantitative estimate of drug-likeness (QED) is 0.556. The number of benzene rings is 2. The molecule has 0 spiro atoms. The third kappa shape index (κ3) is 4.14. The SMILES string of the molecule is Cc1cccc(-n2ccnc2SCC(=O)N2CCCC2c2ccc3c(c2)OCCO3)c1. The average molecular weight is 436 g/mol. The van der Waals surface area contributed by atoms with E-state index in [0.717, 1.165) is 47.3 Å². The van der Waals surface area contributed by atoms with Crippen LogP contribution < -0.4 is 9.47 Å². The second-order valence-corrected chi connectivity index (χ2v) is 8.80. The predicted octanol–water partition coefficient (Wildman–Crippen LogP) is 4.41. The maximum Gasteiger partial charge on any atom is 0.233 e. The van der Waals surface area contributed by atoms with Crippen molar-refractivity contribution in [2.45, 2.75) is 31.0 Å². The van der Waals surface area contributed by atoms with Crippen molar-refractivity contribution < 1.29 is 14.3 Å². The van der Waals surface area contributed by atoms with Crippen molar-refractivity contribution in [2.75, 3.05) is 25.5 Å². The lowest BCUT2D eigenvalue weighted by Crippen LogP contribution is -2.32. The molecule has 1 aromatic heterocycles. The first-order chi connectivity index (χ1) is 15.2. The molecule has 3 aromatic rings. The first-order valence-electron chi connectivity index (χ1n) is 10.6. The molecule has 1 atom stereocenters. The van der Waals surface area contributed by atoms with Gasteiger partial charge in [0.05, 0.1) is 11.8 Å². The molecule has 2 aromatic carbocycles. The maximum atomic E-state index is 13.1. The zero-order valence-electron chi connectivity index (χ0n) is 17.5. The van der Waals surface area contributed by atoms with Gasteiger partial charge >= 0.3 is 0 Å². The van der Waals surface area contributed by atoms with Gasteiger partial charge in [0.25, 0.3) is 0 Å². The Hall–Kier alpha value is -2.93. The Morgan fingerprint density at radius 1 is 1.16 bits per heavy atom. The molecule has 0 aliphatic carbocycles. The largest absolute Gasteiger partial charge is 0.486 e. The van der Waals surface area contributed by atoms with Gasteiger partial charge in [0.2, 0.25) is 5.91 Å². The number of hydrogen-bond donors (Lipinski definition) is 0. The highest BCUT2D eigenvalue weighted by molar-refractivity contribution is 7.99. The fraction of sp³-hybridized carbons (Fsp3) is 0.333. The molecule has 0 N–H and O–H groups in total. The molecule has 7 heteroatoms. The van der Waals surface area contributed by atoms with Gasteiger partial charge < -0.3 is 14.4 Å². The van der Waals surface area contributed by atoms with Gasteiger partial charge in [-0.3, -0.25) is 9.36 Å². The number of thioether (sulfide) groups is 1. The van der Waals surface area contributed by atoms with Gasteiger partial charge in [0, 0.05) is 24.6 Å². The Bertz CT molecular complexity index is 1100. The van der Waals surface area contributed by atoms with Crippen molar-refractivity contribution in [3.63, 3.8) is 0 Å². The number of aryl methyl sites for hydroxylation is 1. The van der Waals surface area contributed by atoms with Crippen LogP contribution in [0.3, 0.4) is 0 Å². The van der Waals surface area contributed by atoms with E-state index in [-0.39, 0.29) is 11.9 Å². The lowest BCUT2D eigenvalue weighted by molar-refractivity contribution is -0.129.